The van der Waals surface area contributed by atoms with Crippen LogP contribution in [-0.2, 0) is 4.79 Å². The zero-order valence-electron chi connectivity index (χ0n) is 18.5. The summed E-state index contributed by atoms with van der Waals surface area (Å²) < 4.78 is 0. The molecule has 1 heteroatoms. The van der Waals surface area contributed by atoms with Gasteiger partial charge in [0.25, 0.3) is 0 Å². The molecule has 2 unspecified atom stereocenters. The zero-order valence-corrected chi connectivity index (χ0v) is 18.5. The second-order valence-corrected chi connectivity index (χ2v) is 9.69. The fraction of sp³-hybridized carbons (Fsp3) is 0.500. The van der Waals surface area contributed by atoms with E-state index in [2.05, 4.69) is 74.5 Å². The van der Waals surface area contributed by atoms with Crippen molar-refractivity contribution in [1.82, 2.24) is 0 Å². The van der Waals surface area contributed by atoms with E-state index in [0.29, 0.717) is 17.6 Å². The molecule has 2 aromatic rings. The van der Waals surface area contributed by atoms with Gasteiger partial charge >= 0.3 is 0 Å². The molecule has 27 heavy (non-hydrogen) atoms. The predicted octanol–water partition coefficient (Wildman–Crippen LogP) is 7.63. The number of hydrogen-bond donors (Lipinski definition) is 0. The summed E-state index contributed by atoms with van der Waals surface area (Å²) in [7, 11) is 0. The lowest BCUT2D eigenvalue weighted by atomic mass is 9.76. The summed E-state index contributed by atoms with van der Waals surface area (Å²) >= 11 is 0. The van der Waals surface area contributed by atoms with Crippen molar-refractivity contribution in [2.45, 2.75) is 73.6 Å². The summed E-state index contributed by atoms with van der Waals surface area (Å²) in [5.41, 5.74) is 2.49. The average molecular weight is 367 g/mol. The van der Waals surface area contributed by atoms with Crippen molar-refractivity contribution in [1.29, 1.82) is 0 Å². The first-order valence-electron chi connectivity index (χ1n) is 10.1. The number of rotatable bonds is 4. The van der Waals surface area contributed by atoms with E-state index in [-0.39, 0.29) is 10.8 Å². The van der Waals surface area contributed by atoms with E-state index < -0.39 is 0 Å². The summed E-state index contributed by atoms with van der Waals surface area (Å²) in [4.78, 5) is 11.5. The van der Waals surface area contributed by atoms with Gasteiger partial charge in [-0.05, 0) is 29.4 Å². The third kappa shape index (κ3) is 8.12. The van der Waals surface area contributed by atoms with Crippen molar-refractivity contribution >= 4 is 5.78 Å². The first kappa shape index (κ1) is 23.1. The number of carbonyl (C=O) groups is 1. The van der Waals surface area contributed by atoms with E-state index in [0.717, 1.165) is 0 Å². The second-order valence-electron chi connectivity index (χ2n) is 9.69. The van der Waals surface area contributed by atoms with Crippen LogP contribution in [-0.4, -0.2) is 5.78 Å². The van der Waals surface area contributed by atoms with Crippen LogP contribution < -0.4 is 0 Å². The molecule has 0 saturated heterocycles. The predicted molar refractivity (Wildman–Crippen MR) is 118 cm³/mol. The molecular weight excluding hydrogens is 328 g/mol. The van der Waals surface area contributed by atoms with Crippen molar-refractivity contribution < 1.29 is 4.79 Å². The molecule has 0 aliphatic carbocycles. The van der Waals surface area contributed by atoms with Gasteiger partial charge in [0.2, 0.25) is 0 Å². The van der Waals surface area contributed by atoms with Crippen molar-refractivity contribution in [3.05, 3.63) is 71.8 Å². The number of hydrogen-bond acceptors (Lipinski definition) is 1. The maximum atomic E-state index is 11.5. The minimum atomic E-state index is -0.196. The van der Waals surface area contributed by atoms with Crippen LogP contribution in [0.2, 0.25) is 0 Å². The van der Waals surface area contributed by atoms with Gasteiger partial charge < -0.3 is 0 Å². The minimum absolute atomic E-state index is 0.196. The quantitative estimate of drug-likeness (QED) is 0.543. The molecule has 0 aliphatic rings. The molecule has 0 heterocycles. The fourth-order valence-electron chi connectivity index (χ4n) is 3.49. The molecule has 0 fully saturated rings. The Kier molecular flexibility index (Phi) is 8.47. The molecule has 2 rings (SSSR count). The van der Waals surface area contributed by atoms with Gasteiger partial charge in [-0.1, -0.05) is 116 Å². The highest BCUT2D eigenvalue weighted by molar-refractivity contribution is 5.88. The first-order chi connectivity index (χ1) is 12.4. The van der Waals surface area contributed by atoms with Crippen LogP contribution in [0.15, 0.2) is 60.7 Å². The summed E-state index contributed by atoms with van der Waals surface area (Å²) in [6, 6.07) is 21.6. The molecule has 2 atom stereocenters. The maximum absolute atomic E-state index is 11.5. The molecule has 0 aliphatic heterocycles. The van der Waals surface area contributed by atoms with Gasteiger partial charge in [-0.2, -0.15) is 0 Å². The summed E-state index contributed by atoms with van der Waals surface area (Å²) in [5.74, 6) is 1.55. The highest BCUT2D eigenvalue weighted by Gasteiger charge is 2.31. The summed E-state index contributed by atoms with van der Waals surface area (Å²) in [6.07, 6.45) is 1.20. The van der Waals surface area contributed by atoms with Crippen LogP contribution in [0.25, 0.3) is 0 Å². The summed E-state index contributed by atoms with van der Waals surface area (Å²) in [5, 5.41) is 0. The Morgan fingerprint density at radius 2 is 0.963 bits per heavy atom. The van der Waals surface area contributed by atoms with Crippen molar-refractivity contribution in [2.75, 3.05) is 0 Å². The molecule has 0 bridgehead atoms. The highest BCUT2D eigenvalue weighted by Crippen LogP contribution is 2.29. The SMILES string of the molecule is CC(C)(C)C(=O)C(C)(C)C.CC(CC(C)c1ccccc1)c1ccccc1. The van der Waals surface area contributed by atoms with Crippen molar-refractivity contribution in [3.8, 4) is 0 Å². The molecule has 148 valence electrons. The van der Waals surface area contributed by atoms with Crippen LogP contribution in [0.1, 0.15) is 84.8 Å². The van der Waals surface area contributed by atoms with Gasteiger partial charge in [0.1, 0.15) is 5.78 Å². The Balaban J connectivity index is 0.000000314. The van der Waals surface area contributed by atoms with Gasteiger partial charge in [-0.25, -0.2) is 0 Å². The molecular formula is C26H38O. The van der Waals surface area contributed by atoms with Gasteiger partial charge in [0.05, 0.1) is 0 Å². The second kappa shape index (κ2) is 9.88. The van der Waals surface area contributed by atoms with E-state index in [1.807, 2.05) is 41.5 Å². The van der Waals surface area contributed by atoms with Crippen LogP contribution in [0.3, 0.4) is 0 Å². The average Bonchev–Trinajstić information content (AvgIpc) is 2.61. The number of benzene rings is 2. The molecule has 0 saturated carbocycles. The Morgan fingerprint density at radius 3 is 1.19 bits per heavy atom. The number of carbonyl (C=O) groups excluding carboxylic acids is 1. The molecule has 0 spiro atoms. The van der Waals surface area contributed by atoms with Gasteiger partial charge in [-0.3, -0.25) is 4.79 Å². The normalized spacial score (nSPS) is 13.9. The molecule has 1 nitrogen and oxygen atoms in total. The molecule has 0 aromatic heterocycles. The Labute approximate surface area is 167 Å². The minimum Gasteiger partial charge on any atom is -0.299 e. The van der Waals surface area contributed by atoms with E-state index in [1.165, 1.54) is 17.5 Å². The van der Waals surface area contributed by atoms with E-state index in [1.54, 1.807) is 0 Å². The lowest BCUT2D eigenvalue weighted by Gasteiger charge is -2.26. The lowest BCUT2D eigenvalue weighted by Crippen LogP contribution is -2.32. The lowest BCUT2D eigenvalue weighted by molar-refractivity contribution is -0.134. The molecule has 0 amide bonds. The van der Waals surface area contributed by atoms with Gasteiger partial charge in [0.15, 0.2) is 0 Å². The van der Waals surface area contributed by atoms with E-state index in [9.17, 15) is 4.79 Å². The smallest absolute Gasteiger partial charge is 0.143 e. The maximum Gasteiger partial charge on any atom is 0.143 e. The van der Waals surface area contributed by atoms with Gasteiger partial charge in [-0.15, -0.1) is 0 Å². The van der Waals surface area contributed by atoms with Crippen molar-refractivity contribution in [3.63, 3.8) is 0 Å². The van der Waals surface area contributed by atoms with Crippen LogP contribution >= 0.6 is 0 Å². The first-order valence-corrected chi connectivity index (χ1v) is 10.1. The largest absolute Gasteiger partial charge is 0.299 e. The monoisotopic (exact) mass is 366 g/mol. The molecule has 0 N–H and O–H groups in total. The van der Waals surface area contributed by atoms with E-state index >= 15 is 0 Å². The Bertz CT molecular complexity index is 612. The van der Waals surface area contributed by atoms with Gasteiger partial charge in [0, 0.05) is 10.8 Å². The third-order valence-corrected chi connectivity index (χ3v) is 4.81. The number of ketones is 1. The summed E-state index contributed by atoms with van der Waals surface area (Å²) in [6.45, 7) is 16.4. The zero-order chi connectivity index (χ0) is 20.7. The van der Waals surface area contributed by atoms with Crippen LogP contribution in [0.4, 0.5) is 0 Å². The number of Topliss-reactive ketones (excluding diaryl/α,β-unsaturated/α-hetero) is 1. The van der Waals surface area contributed by atoms with Crippen LogP contribution in [0, 0.1) is 10.8 Å². The molecule has 2 aromatic carbocycles. The standard InChI is InChI=1S/C17H20.C9H18O/c1-14(16-9-5-3-6-10-16)13-15(2)17-11-7-4-8-12-17;1-8(2,3)7(10)9(4,5)6/h3-12,14-15H,13H2,1-2H3;1-6H3. The molecule has 0 radical (unpaired) electrons. The van der Waals surface area contributed by atoms with Crippen LogP contribution in [0.5, 0.6) is 0 Å². The Morgan fingerprint density at radius 1 is 0.667 bits per heavy atom. The van der Waals surface area contributed by atoms with Crippen molar-refractivity contribution in [2.24, 2.45) is 10.8 Å². The highest BCUT2D eigenvalue weighted by atomic mass is 16.1. The topological polar surface area (TPSA) is 17.1 Å². The Hall–Kier alpha value is -1.89. The van der Waals surface area contributed by atoms with E-state index in [4.69, 9.17) is 0 Å². The fourth-order valence-corrected chi connectivity index (χ4v) is 3.49. The third-order valence-electron chi connectivity index (χ3n) is 4.81.